The lowest BCUT2D eigenvalue weighted by molar-refractivity contribution is 0.0930. The van der Waals surface area contributed by atoms with E-state index < -0.39 is 0 Å². The number of nitrogen functional groups attached to an aromatic ring is 1. The van der Waals surface area contributed by atoms with E-state index in [1.165, 1.54) is 0 Å². The molecule has 1 saturated heterocycles. The van der Waals surface area contributed by atoms with Crippen LogP contribution in [0.2, 0.25) is 0 Å². The van der Waals surface area contributed by atoms with Crippen molar-refractivity contribution in [2.24, 2.45) is 0 Å². The fraction of sp³-hybridized carbons (Fsp3) is 0.333. The van der Waals surface area contributed by atoms with Crippen LogP contribution >= 0.6 is 0 Å². The smallest absolute Gasteiger partial charge is 0.252 e. The maximum Gasteiger partial charge on any atom is 0.252 e. The van der Waals surface area contributed by atoms with Crippen molar-refractivity contribution < 1.29 is 4.79 Å². The zero-order chi connectivity index (χ0) is 24.6. The molecular weight excluding hydrogens is 438 g/mol. The van der Waals surface area contributed by atoms with Gasteiger partial charge in [-0.25, -0.2) is 15.0 Å². The molecule has 8 heteroatoms. The van der Waals surface area contributed by atoms with E-state index in [1.807, 2.05) is 36.4 Å². The number of nitrogens with one attached hydrogen (secondary N) is 2. The van der Waals surface area contributed by atoms with Crippen molar-refractivity contribution in [3.05, 3.63) is 60.4 Å². The van der Waals surface area contributed by atoms with Gasteiger partial charge >= 0.3 is 0 Å². The molecule has 1 aliphatic heterocycles. The standard InChI is InChI=1S/C27H31N7O/c1-27(2,3)34-23-9-8-17(18-15-30-26(28)31-16-18)14-22(23)33-24(34)20-6-4-5-7-21(20)25(35)32-19-10-12-29-13-11-19/h4-9,14-16,19,29H,10-13H2,1-3H3,(H,32,35)(H2,28,30,31). The first kappa shape index (κ1) is 23.0. The van der Waals surface area contributed by atoms with E-state index in [4.69, 9.17) is 10.7 Å². The highest BCUT2D eigenvalue weighted by Crippen LogP contribution is 2.34. The Bertz CT molecular complexity index is 1360. The molecule has 4 aromatic rings. The largest absolute Gasteiger partial charge is 0.368 e. The molecule has 4 N–H and O–H groups in total. The molecule has 0 aliphatic carbocycles. The van der Waals surface area contributed by atoms with Gasteiger partial charge in [0.05, 0.1) is 16.6 Å². The minimum absolute atomic E-state index is 0.0558. The normalized spacial score (nSPS) is 14.8. The molecule has 180 valence electrons. The van der Waals surface area contributed by atoms with Gasteiger partial charge in [0, 0.05) is 35.1 Å². The summed E-state index contributed by atoms with van der Waals surface area (Å²) in [5.41, 5.74) is 10.5. The number of amides is 1. The van der Waals surface area contributed by atoms with Gasteiger partial charge < -0.3 is 20.9 Å². The molecule has 1 fully saturated rings. The zero-order valence-corrected chi connectivity index (χ0v) is 20.4. The molecule has 0 unspecified atom stereocenters. The molecule has 1 amide bonds. The number of carbonyl (C=O) groups is 1. The van der Waals surface area contributed by atoms with E-state index >= 15 is 0 Å². The van der Waals surface area contributed by atoms with Crippen molar-refractivity contribution in [2.75, 3.05) is 18.8 Å². The van der Waals surface area contributed by atoms with E-state index in [9.17, 15) is 4.79 Å². The number of fused-ring (bicyclic) bond motifs is 1. The fourth-order valence-electron chi connectivity index (χ4n) is 4.71. The number of rotatable bonds is 4. The highest BCUT2D eigenvalue weighted by Gasteiger charge is 2.26. The van der Waals surface area contributed by atoms with Gasteiger partial charge in [-0.05, 0) is 70.5 Å². The van der Waals surface area contributed by atoms with Crippen LogP contribution < -0.4 is 16.4 Å². The van der Waals surface area contributed by atoms with Gasteiger partial charge in [0.15, 0.2) is 0 Å². The molecule has 3 heterocycles. The Morgan fingerprint density at radius 3 is 2.49 bits per heavy atom. The van der Waals surface area contributed by atoms with Crippen LogP contribution in [-0.2, 0) is 5.54 Å². The van der Waals surface area contributed by atoms with Gasteiger partial charge in [-0.2, -0.15) is 0 Å². The highest BCUT2D eigenvalue weighted by molar-refractivity contribution is 6.01. The van der Waals surface area contributed by atoms with Crippen LogP contribution in [0.15, 0.2) is 54.9 Å². The molecule has 0 atom stereocenters. The van der Waals surface area contributed by atoms with Crippen molar-refractivity contribution in [1.82, 2.24) is 30.2 Å². The van der Waals surface area contributed by atoms with E-state index in [0.29, 0.717) is 5.56 Å². The van der Waals surface area contributed by atoms with Gasteiger partial charge in [-0.3, -0.25) is 4.79 Å². The SMILES string of the molecule is CC(C)(C)n1c(-c2ccccc2C(=O)NC2CCNCC2)nc2cc(-c3cnc(N)nc3)ccc21. The third kappa shape index (κ3) is 4.61. The second kappa shape index (κ2) is 9.11. The lowest BCUT2D eigenvalue weighted by Gasteiger charge is -2.26. The average Bonchev–Trinajstić information content (AvgIpc) is 3.24. The maximum atomic E-state index is 13.4. The van der Waals surface area contributed by atoms with Crippen LogP contribution in [-0.4, -0.2) is 44.6 Å². The monoisotopic (exact) mass is 469 g/mol. The lowest BCUT2D eigenvalue weighted by Crippen LogP contribution is -2.42. The van der Waals surface area contributed by atoms with E-state index in [2.05, 4.69) is 52.0 Å². The quantitative estimate of drug-likeness (QED) is 0.417. The average molecular weight is 470 g/mol. The lowest BCUT2D eigenvalue weighted by atomic mass is 10.0. The molecular formula is C27H31N7O. The van der Waals surface area contributed by atoms with Gasteiger partial charge in [0.1, 0.15) is 5.82 Å². The molecule has 35 heavy (non-hydrogen) atoms. The molecule has 0 saturated carbocycles. The molecule has 2 aromatic carbocycles. The summed E-state index contributed by atoms with van der Waals surface area (Å²) < 4.78 is 2.21. The fourth-order valence-corrected chi connectivity index (χ4v) is 4.71. The number of hydrogen-bond donors (Lipinski definition) is 3. The van der Waals surface area contributed by atoms with Crippen LogP contribution in [0.4, 0.5) is 5.95 Å². The molecule has 0 bridgehead atoms. The topological polar surface area (TPSA) is 111 Å². The number of carbonyl (C=O) groups excluding carboxylic acids is 1. The number of nitrogens with two attached hydrogens (primary N) is 1. The summed E-state index contributed by atoms with van der Waals surface area (Å²) >= 11 is 0. The number of imidazole rings is 1. The van der Waals surface area contributed by atoms with Crippen LogP contribution in [0.3, 0.4) is 0 Å². The number of benzene rings is 2. The maximum absolute atomic E-state index is 13.4. The van der Waals surface area contributed by atoms with E-state index in [0.717, 1.165) is 59.5 Å². The first-order valence-electron chi connectivity index (χ1n) is 12.0. The van der Waals surface area contributed by atoms with Crippen molar-refractivity contribution in [3.63, 3.8) is 0 Å². The number of piperidine rings is 1. The van der Waals surface area contributed by atoms with Crippen LogP contribution in [0.5, 0.6) is 0 Å². The summed E-state index contributed by atoms with van der Waals surface area (Å²) in [4.78, 5) is 26.6. The summed E-state index contributed by atoms with van der Waals surface area (Å²) in [6.07, 6.45) is 5.30. The third-order valence-corrected chi connectivity index (χ3v) is 6.42. The van der Waals surface area contributed by atoms with Gasteiger partial charge in [-0.1, -0.05) is 24.3 Å². The summed E-state index contributed by atoms with van der Waals surface area (Å²) in [7, 11) is 0. The predicted molar refractivity (Wildman–Crippen MR) is 139 cm³/mol. The Hall–Kier alpha value is -3.78. The molecule has 2 aromatic heterocycles. The summed E-state index contributed by atoms with van der Waals surface area (Å²) in [5.74, 6) is 0.961. The minimum atomic E-state index is -0.255. The Labute approximate surface area is 205 Å². The van der Waals surface area contributed by atoms with E-state index in [-0.39, 0.29) is 23.4 Å². The number of nitrogens with zero attached hydrogens (tertiary/aromatic N) is 4. The van der Waals surface area contributed by atoms with E-state index in [1.54, 1.807) is 12.4 Å². The third-order valence-electron chi connectivity index (χ3n) is 6.42. The first-order valence-corrected chi connectivity index (χ1v) is 12.0. The second-order valence-corrected chi connectivity index (χ2v) is 10.0. The Balaban J connectivity index is 1.60. The van der Waals surface area contributed by atoms with Crippen molar-refractivity contribution in [3.8, 4) is 22.5 Å². The van der Waals surface area contributed by atoms with Gasteiger partial charge in [-0.15, -0.1) is 0 Å². The molecule has 1 aliphatic rings. The van der Waals surface area contributed by atoms with Crippen LogP contribution in [0.25, 0.3) is 33.5 Å². The summed E-state index contributed by atoms with van der Waals surface area (Å²) in [6.45, 7) is 8.30. The highest BCUT2D eigenvalue weighted by atomic mass is 16.1. The van der Waals surface area contributed by atoms with Crippen molar-refractivity contribution >= 4 is 22.9 Å². The number of hydrogen-bond acceptors (Lipinski definition) is 6. The zero-order valence-electron chi connectivity index (χ0n) is 20.4. The summed E-state index contributed by atoms with van der Waals surface area (Å²) in [5, 5.41) is 6.58. The Kier molecular flexibility index (Phi) is 5.98. The van der Waals surface area contributed by atoms with Crippen molar-refractivity contribution in [2.45, 2.75) is 45.2 Å². The second-order valence-electron chi connectivity index (χ2n) is 10.0. The number of anilines is 1. The Morgan fingerprint density at radius 1 is 1.06 bits per heavy atom. The first-order chi connectivity index (χ1) is 16.8. The van der Waals surface area contributed by atoms with Crippen LogP contribution in [0.1, 0.15) is 44.0 Å². The van der Waals surface area contributed by atoms with Crippen molar-refractivity contribution in [1.29, 1.82) is 0 Å². The van der Waals surface area contributed by atoms with Gasteiger partial charge in [0.2, 0.25) is 5.95 Å². The molecule has 0 spiro atoms. The van der Waals surface area contributed by atoms with Crippen LogP contribution in [0, 0.1) is 0 Å². The van der Waals surface area contributed by atoms with Gasteiger partial charge in [0.25, 0.3) is 5.91 Å². The molecule has 8 nitrogen and oxygen atoms in total. The minimum Gasteiger partial charge on any atom is -0.368 e. The predicted octanol–water partition coefficient (Wildman–Crippen LogP) is 3.98. The molecule has 0 radical (unpaired) electrons. The summed E-state index contributed by atoms with van der Waals surface area (Å²) in [6, 6.07) is 14.1. The Morgan fingerprint density at radius 2 is 1.77 bits per heavy atom. The molecule has 5 rings (SSSR count). The number of aromatic nitrogens is 4.